The molecule has 1 aliphatic heterocycles. The van der Waals surface area contributed by atoms with Crippen LogP contribution in [0.1, 0.15) is 23.4 Å². The predicted octanol–water partition coefficient (Wildman–Crippen LogP) is 3.77. The van der Waals surface area contributed by atoms with E-state index in [-0.39, 0.29) is 12.0 Å². The van der Waals surface area contributed by atoms with E-state index in [4.69, 9.17) is 20.8 Å². The van der Waals surface area contributed by atoms with Gasteiger partial charge in [0.1, 0.15) is 6.10 Å². The largest absolute Gasteiger partial charge is 0.474 e. The maximum atomic E-state index is 12.3. The van der Waals surface area contributed by atoms with Gasteiger partial charge in [0, 0.05) is 38.2 Å². The zero-order valence-electron chi connectivity index (χ0n) is 11.7. The second kappa shape index (κ2) is 6.71. The molecule has 7 heteroatoms. The molecule has 0 saturated carbocycles. The molecule has 0 unspecified atom stereocenters. The van der Waals surface area contributed by atoms with Crippen LogP contribution < -0.4 is 4.74 Å². The maximum absolute atomic E-state index is 12.3. The molecule has 0 spiro atoms. The molecule has 2 aromatic rings. The number of carbonyl (C=O) groups is 1. The molecule has 3 heterocycles. The molecule has 0 bridgehead atoms. The lowest BCUT2D eigenvalue weighted by Gasteiger charge is -2.31. The number of pyridine rings is 1. The van der Waals surface area contributed by atoms with Gasteiger partial charge in [-0.3, -0.25) is 4.79 Å². The number of furan rings is 1. The summed E-state index contributed by atoms with van der Waals surface area (Å²) in [5.41, 5.74) is 0. The highest BCUT2D eigenvalue weighted by Crippen LogP contribution is 2.21. The fraction of sp³-hybridized carbons (Fsp3) is 0.333. The minimum absolute atomic E-state index is 0.0565. The van der Waals surface area contributed by atoms with Crippen LogP contribution in [0.5, 0.6) is 5.88 Å². The number of likely N-dealkylation sites (tertiary alicyclic amines) is 1. The molecule has 1 aliphatic rings. The molecular weight excluding hydrogens is 372 g/mol. The van der Waals surface area contributed by atoms with Crippen LogP contribution in [0.15, 0.2) is 39.5 Å². The van der Waals surface area contributed by atoms with Crippen molar-refractivity contribution in [1.29, 1.82) is 0 Å². The second-order valence-electron chi connectivity index (χ2n) is 5.03. The maximum Gasteiger partial charge on any atom is 0.289 e. The van der Waals surface area contributed by atoms with E-state index < -0.39 is 0 Å². The SMILES string of the molecule is O=C(c1ccc(Br)o1)N1CCC(Oc2ccc(Cl)cn2)CC1. The van der Waals surface area contributed by atoms with E-state index in [2.05, 4.69) is 20.9 Å². The first kappa shape index (κ1) is 15.4. The average molecular weight is 386 g/mol. The molecule has 0 aromatic carbocycles. The fourth-order valence-corrected chi connectivity index (χ4v) is 2.78. The van der Waals surface area contributed by atoms with Crippen molar-refractivity contribution in [3.05, 3.63) is 45.9 Å². The van der Waals surface area contributed by atoms with Gasteiger partial charge >= 0.3 is 0 Å². The number of rotatable bonds is 3. The summed E-state index contributed by atoms with van der Waals surface area (Å²) < 4.78 is 11.7. The second-order valence-corrected chi connectivity index (χ2v) is 6.25. The summed E-state index contributed by atoms with van der Waals surface area (Å²) in [6.07, 6.45) is 3.14. The molecule has 0 radical (unpaired) electrons. The van der Waals surface area contributed by atoms with Crippen molar-refractivity contribution in [1.82, 2.24) is 9.88 Å². The lowest BCUT2D eigenvalue weighted by Crippen LogP contribution is -2.41. The summed E-state index contributed by atoms with van der Waals surface area (Å²) in [4.78, 5) is 18.2. The third kappa shape index (κ3) is 3.62. The van der Waals surface area contributed by atoms with E-state index >= 15 is 0 Å². The van der Waals surface area contributed by atoms with Gasteiger partial charge < -0.3 is 14.1 Å². The number of hydrogen-bond acceptors (Lipinski definition) is 4. The number of ether oxygens (including phenoxy) is 1. The Morgan fingerprint density at radius 1 is 1.32 bits per heavy atom. The zero-order chi connectivity index (χ0) is 15.5. The third-order valence-electron chi connectivity index (χ3n) is 3.50. The monoisotopic (exact) mass is 384 g/mol. The van der Waals surface area contributed by atoms with Crippen LogP contribution >= 0.6 is 27.5 Å². The molecular formula is C15H14BrClN2O3. The number of hydrogen-bond donors (Lipinski definition) is 0. The Bertz CT molecular complexity index is 651. The standard InChI is InChI=1S/C15H14BrClN2O3/c16-13-3-2-12(22-13)15(20)19-7-5-11(6-8-19)21-14-4-1-10(17)9-18-14/h1-4,9,11H,5-8H2. The van der Waals surface area contributed by atoms with Crippen molar-refractivity contribution < 1.29 is 13.9 Å². The normalized spacial score (nSPS) is 15.8. The zero-order valence-corrected chi connectivity index (χ0v) is 14.0. The smallest absolute Gasteiger partial charge is 0.289 e. The van der Waals surface area contributed by atoms with Crippen LogP contribution in [0.25, 0.3) is 0 Å². The van der Waals surface area contributed by atoms with E-state index in [1.165, 1.54) is 0 Å². The molecule has 116 valence electrons. The summed E-state index contributed by atoms with van der Waals surface area (Å²) in [5.74, 6) is 0.823. The Hall–Kier alpha value is -1.53. The van der Waals surface area contributed by atoms with Crippen molar-refractivity contribution in [3.8, 4) is 5.88 Å². The Morgan fingerprint density at radius 2 is 2.09 bits per heavy atom. The first-order chi connectivity index (χ1) is 10.6. The molecule has 1 saturated heterocycles. The summed E-state index contributed by atoms with van der Waals surface area (Å²) in [6.45, 7) is 1.27. The van der Waals surface area contributed by atoms with Crippen LogP contribution in [-0.2, 0) is 0 Å². The first-order valence-electron chi connectivity index (χ1n) is 6.94. The Balaban J connectivity index is 1.54. The number of piperidine rings is 1. The van der Waals surface area contributed by atoms with Gasteiger partial charge in [0.15, 0.2) is 10.4 Å². The Morgan fingerprint density at radius 3 is 2.68 bits per heavy atom. The molecule has 3 rings (SSSR count). The van der Waals surface area contributed by atoms with Gasteiger partial charge in [-0.25, -0.2) is 4.98 Å². The number of carbonyl (C=O) groups excluding carboxylic acids is 1. The average Bonchev–Trinajstić information content (AvgIpc) is 2.96. The van der Waals surface area contributed by atoms with Gasteiger partial charge in [0.05, 0.1) is 5.02 Å². The highest BCUT2D eigenvalue weighted by molar-refractivity contribution is 9.10. The van der Waals surface area contributed by atoms with Crippen molar-refractivity contribution in [2.24, 2.45) is 0 Å². The van der Waals surface area contributed by atoms with Gasteiger partial charge in [-0.2, -0.15) is 0 Å². The topological polar surface area (TPSA) is 55.6 Å². The van der Waals surface area contributed by atoms with Crippen LogP contribution in [-0.4, -0.2) is 35.0 Å². The minimum Gasteiger partial charge on any atom is -0.474 e. The van der Waals surface area contributed by atoms with E-state index in [1.807, 2.05) is 0 Å². The van der Waals surface area contributed by atoms with Crippen LogP contribution in [0, 0.1) is 0 Å². The van der Waals surface area contributed by atoms with E-state index in [0.717, 1.165) is 12.8 Å². The van der Waals surface area contributed by atoms with Crippen molar-refractivity contribution in [2.45, 2.75) is 18.9 Å². The van der Waals surface area contributed by atoms with Gasteiger partial charge in [0.25, 0.3) is 5.91 Å². The Labute approximate surface area is 141 Å². The lowest BCUT2D eigenvalue weighted by molar-refractivity contribution is 0.0558. The number of halogens is 2. The molecule has 0 N–H and O–H groups in total. The van der Waals surface area contributed by atoms with Gasteiger partial charge in [-0.15, -0.1) is 0 Å². The van der Waals surface area contributed by atoms with Crippen LogP contribution in [0.2, 0.25) is 5.02 Å². The fourth-order valence-electron chi connectivity index (χ4n) is 2.36. The van der Waals surface area contributed by atoms with Gasteiger partial charge in [-0.05, 0) is 34.1 Å². The van der Waals surface area contributed by atoms with Crippen molar-refractivity contribution in [3.63, 3.8) is 0 Å². The van der Waals surface area contributed by atoms with Crippen molar-refractivity contribution in [2.75, 3.05) is 13.1 Å². The highest BCUT2D eigenvalue weighted by Gasteiger charge is 2.26. The molecule has 2 aromatic heterocycles. The number of aromatic nitrogens is 1. The molecule has 1 fully saturated rings. The summed E-state index contributed by atoms with van der Waals surface area (Å²) in [6, 6.07) is 6.89. The molecule has 5 nitrogen and oxygen atoms in total. The highest BCUT2D eigenvalue weighted by atomic mass is 79.9. The number of amides is 1. The molecule has 22 heavy (non-hydrogen) atoms. The predicted molar refractivity (Wildman–Crippen MR) is 85.2 cm³/mol. The van der Waals surface area contributed by atoms with E-state index in [0.29, 0.717) is 34.4 Å². The molecule has 0 atom stereocenters. The van der Waals surface area contributed by atoms with Gasteiger partial charge in [0.2, 0.25) is 5.88 Å². The van der Waals surface area contributed by atoms with E-state index in [1.54, 1.807) is 35.4 Å². The lowest BCUT2D eigenvalue weighted by atomic mass is 10.1. The molecule has 1 amide bonds. The van der Waals surface area contributed by atoms with Gasteiger partial charge in [-0.1, -0.05) is 11.6 Å². The third-order valence-corrected chi connectivity index (χ3v) is 4.15. The number of nitrogens with zero attached hydrogens (tertiary/aromatic N) is 2. The summed E-state index contributed by atoms with van der Waals surface area (Å²) >= 11 is 9.00. The quantitative estimate of drug-likeness (QED) is 0.807. The van der Waals surface area contributed by atoms with Crippen molar-refractivity contribution >= 4 is 33.4 Å². The molecule has 0 aliphatic carbocycles. The Kier molecular flexibility index (Phi) is 4.69. The van der Waals surface area contributed by atoms with E-state index in [9.17, 15) is 4.79 Å². The first-order valence-corrected chi connectivity index (χ1v) is 8.12. The minimum atomic E-state index is -0.0891. The summed E-state index contributed by atoms with van der Waals surface area (Å²) in [7, 11) is 0. The van der Waals surface area contributed by atoms with Crippen LogP contribution in [0.3, 0.4) is 0 Å². The van der Waals surface area contributed by atoms with Crippen LogP contribution in [0.4, 0.5) is 0 Å². The summed E-state index contributed by atoms with van der Waals surface area (Å²) in [5, 5.41) is 0.581.